The van der Waals surface area contributed by atoms with Crippen LogP contribution in [-0.2, 0) is 26.3 Å². The van der Waals surface area contributed by atoms with Crippen LogP contribution >= 0.6 is 0 Å². The highest BCUT2D eigenvalue weighted by Gasteiger charge is 2.51. The van der Waals surface area contributed by atoms with E-state index in [0.29, 0.717) is 17.9 Å². The predicted molar refractivity (Wildman–Crippen MR) is 118 cm³/mol. The van der Waals surface area contributed by atoms with E-state index in [2.05, 4.69) is 10.3 Å². The van der Waals surface area contributed by atoms with Gasteiger partial charge in [-0.25, -0.2) is 4.79 Å². The molecule has 0 aliphatic carbocycles. The number of H-pyrrole nitrogens is 1. The average molecular weight is 435 g/mol. The highest BCUT2D eigenvalue weighted by Crippen LogP contribution is 2.47. The number of hydrogen-bond acceptors (Lipinski definition) is 6. The normalized spacial score (nSPS) is 21.5. The Hall–Kier alpha value is -3.52. The van der Waals surface area contributed by atoms with Crippen LogP contribution in [0, 0.1) is 0 Å². The number of aromatic nitrogens is 1. The molecule has 8 heteroatoms. The van der Waals surface area contributed by atoms with Crippen molar-refractivity contribution < 1.29 is 23.8 Å². The van der Waals surface area contributed by atoms with Gasteiger partial charge in [-0.15, -0.1) is 0 Å². The monoisotopic (exact) mass is 435 g/mol. The first-order valence-corrected chi connectivity index (χ1v) is 10.5. The third-order valence-electron chi connectivity index (χ3n) is 6.50. The molecule has 0 saturated heterocycles. The van der Waals surface area contributed by atoms with E-state index in [-0.39, 0.29) is 19.2 Å². The summed E-state index contributed by atoms with van der Waals surface area (Å²) in [5, 5.41) is 3.96. The fourth-order valence-electron chi connectivity index (χ4n) is 5.01. The van der Waals surface area contributed by atoms with Crippen molar-refractivity contribution in [2.45, 2.75) is 24.9 Å². The third kappa shape index (κ3) is 2.86. The molecule has 8 nitrogen and oxygen atoms in total. The molecule has 2 N–H and O–H groups in total. The summed E-state index contributed by atoms with van der Waals surface area (Å²) in [4.78, 5) is 31.6. The number of esters is 1. The van der Waals surface area contributed by atoms with Gasteiger partial charge in [0.1, 0.15) is 11.6 Å². The van der Waals surface area contributed by atoms with Crippen molar-refractivity contribution >= 4 is 22.8 Å². The lowest BCUT2D eigenvalue weighted by Crippen LogP contribution is -2.61. The number of rotatable bonds is 4. The fourth-order valence-corrected chi connectivity index (χ4v) is 5.01. The zero-order valence-corrected chi connectivity index (χ0v) is 18.2. The standard InChI is InChI=1S/C24H25N3O5/c1-24(14-8-9-19-20(10-14)32-13-31-19)22-16(15-6-4-5-7-17(15)26-22)11-18(23(29)30-3)27(24)21(28)12-25-2/h4-10,18,25-26H,11-13H2,1-3H3/t18-,24-/m1/s1. The number of ether oxygens (including phenoxy) is 3. The summed E-state index contributed by atoms with van der Waals surface area (Å²) >= 11 is 0. The van der Waals surface area contributed by atoms with Gasteiger partial charge in [-0.2, -0.15) is 0 Å². The number of para-hydroxylation sites is 1. The number of likely N-dealkylation sites (N-methyl/N-ethyl adjacent to an activating group) is 1. The SMILES string of the molecule is CNCC(=O)N1[C@@H](C(=O)OC)Cc2c([nH]c3ccccc23)[C@@]1(C)c1ccc2c(c1)OCO2. The largest absolute Gasteiger partial charge is 0.467 e. The maximum absolute atomic E-state index is 13.5. The van der Waals surface area contributed by atoms with Crippen molar-refractivity contribution in [3.05, 3.63) is 59.3 Å². The second kappa shape index (κ2) is 7.56. The molecule has 1 amide bonds. The number of benzene rings is 2. The van der Waals surface area contributed by atoms with Crippen LogP contribution in [0.4, 0.5) is 0 Å². The van der Waals surface area contributed by atoms with Crippen LogP contribution in [-0.4, -0.2) is 55.3 Å². The van der Waals surface area contributed by atoms with E-state index in [4.69, 9.17) is 14.2 Å². The lowest BCUT2D eigenvalue weighted by atomic mass is 9.77. The van der Waals surface area contributed by atoms with Gasteiger partial charge in [-0.1, -0.05) is 24.3 Å². The summed E-state index contributed by atoms with van der Waals surface area (Å²) in [7, 11) is 3.06. The molecule has 2 aliphatic rings. The second-order valence-electron chi connectivity index (χ2n) is 8.20. The Labute approximate surface area is 185 Å². The summed E-state index contributed by atoms with van der Waals surface area (Å²) in [6.07, 6.45) is 0.363. The van der Waals surface area contributed by atoms with Crippen LogP contribution < -0.4 is 14.8 Å². The van der Waals surface area contributed by atoms with E-state index in [9.17, 15) is 9.59 Å². The first-order chi connectivity index (χ1) is 15.5. The number of carbonyl (C=O) groups excluding carboxylic acids is 2. The molecular weight excluding hydrogens is 410 g/mol. The van der Waals surface area contributed by atoms with Crippen molar-refractivity contribution in [2.75, 3.05) is 27.5 Å². The lowest BCUT2D eigenvalue weighted by molar-refractivity contribution is -0.158. The van der Waals surface area contributed by atoms with Crippen molar-refractivity contribution in [1.82, 2.24) is 15.2 Å². The average Bonchev–Trinajstić information content (AvgIpc) is 3.43. The molecule has 1 aromatic heterocycles. The van der Waals surface area contributed by atoms with Crippen LogP contribution in [0.25, 0.3) is 10.9 Å². The molecule has 2 atom stereocenters. The zero-order valence-electron chi connectivity index (χ0n) is 18.2. The topological polar surface area (TPSA) is 92.9 Å². The van der Waals surface area contributed by atoms with Gasteiger partial charge in [0.2, 0.25) is 12.7 Å². The van der Waals surface area contributed by atoms with Gasteiger partial charge in [0.05, 0.1) is 13.7 Å². The second-order valence-corrected chi connectivity index (χ2v) is 8.20. The molecule has 166 valence electrons. The Morgan fingerprint density at radius 2 is 2.00 bits per heavy atom. The number of amides is 1. The van der Waals surface area contributed by atoms with Gasteiger partial charge in [-0.3, -0.25) is 4.79 Å². The zero-order chi connectivity index (χ0) is 22.5. The molecule has 0 radical (unpaired) electrons. The van der Waals surface area contributed by atoms with Gasteiger partial charge in [0.15, 0.2) is 11.5 Å². The summed E-state index contributed by atoms with van der Waals surface area (Å²) < 4.78 is 16.3. The summed E-state index contributed by atoms with van der Waals surface area (Å²) in [6.45, 7) is 2.20. The minimum Gasteiger partial charge on any atom is -0.467 e. The Bertz CT molecular complexity index is 1220. The number of nitrogens with zero attached hydrogens (tertiary/aromatic N) is 1. The van der Waals surface area contributed by atoms with Gasteiger partial charge in [0.25, 0.3) is 0 Å². The Morgan fingerprint density at radius 1 is 1.22 bits per heavy atom. The molecule has 3 heterocycles. The molecule has 0 saturated carbocycles. The maximum atomic E-state index is 13.5. The molecule has 2 aliphatic heterocycles. The molecule has 0 unspecified atom stereocenters. The van der Waals surface area contributed by atoms with E-state index < -0.39 is 17.6 Å². The molecule has 0 spiro atoms. The van der Waals surface area contributed by atoms with Crippen molar-refractivity contribution in [2.24, 2.45) is 0 Å². The van der Waals surface area contributed by atoms with Crippen LogP contribution in [0.5, 0.6) is 11.5 Å². The van der Waals surface area contributed by atoms with E-state index in [1.165, 1.54) is 7.11 Å². The summed E-state index contributed by atoms with van der Waals surface area (Å²) in [5.41, 5.74) is 2.68. The first-order valence-electron chi connectivity index (χ1n) is 10.5. The molecule has 5 rings (SSSR count). The molecule has 0 fully saturated rings. The number of carbonyl (C=O) groups is 2. The van der Waals surface area contributed by atoms with Gasteiger partial charge in [0, 0.05) is 23.0 Å². The smallest absolute Gasteiger partial charge is 0.328 e. The van der Waals surface area contributed by atoms with Crippen LogP contribution in [0.2, 0.25) is 0 Å². The van der Waals surface area contributed by atoms with E-state index in [1.807, 2.05) is 49.4 Å². The quantitative estimate of drug-likeness (QED) is 0.611. The first kappa shape index (κ1) is 20.4. The van der Waals surface area contributed by atoms with Crippen LogP contribution in [0.15, 0.2) is 42.5 Å². The van der Waals surface area contributed by atoms with Gasteiger partial charge in [-0.05, 0) is 43.3 Å². The van der Waals surface area contributed by atoms with Gasteiger partial charge >= 0.3 is 5.97 Å². The number of nitrogens with one attached hydrogen (secondary N) is 2. The van der Waals surface area contributed by atoms with E-state index >= 15 is 0 Å². The van der Waals surface area contributed by atoms with Crippen molar-refractivity contribution in [3.8, 4) is 11.5 Å². The Morgan fingerprint density at radius 3 is 2.78 bits per heavy atom. The van der Waals surface area contributed by atoms with Gasteiger partial charge < -0.3 is 29.4 Å². The number of aromatic amines is 1. The predicted octanol–water partition coefficient (Wildman–Crippen LogP) is 2.31. The molecule has 3 aromatic rings. The van der Waals surface area contributed by atoms with E-state index in [1.54, 1.807) is 11.9 Å². The molecular formula is C24H25N3O5. The summed E-state index contributed by atoms with van der Waals surface area (Å²) in [6, 6.07) is 12.8. The molecule has 0 bridgehead atoms. The lowest BCUT2D eigenvalue weighted by Gasteiger charge is -2.48. The highest BCUT2D eigenvalue weighted by atomic mass is 16.7. The minimum absolute atomic E-state index is 0.0865. The fraction of sp³-hybridized carbons (Fsp3) is 0.333. The highest BCUT2D eigenvalue weighted by molar-refractivity contribution is 5.92. The minimum atomic E-state index is -0.972. The maximum Gasteiger partial charge on any atom is 0.328 e. The number of fused-ring (bicyclic) bond motifs is 4. The number of hydrogen-bond donors (Lipinski definition) is 2. The number of methoxy groups -OCH3 is 1. The third-order valence-corrected chi connectivity index (χ3v) is 6.50. The summed E-state index contributed by atoms with van der Waals surface area (Å²) in [5.74, 6) is 0.620. The Balaban J connectivity index is 1.80. The Kier molecular flexibility index (Phi) is 4.82. The van der Waals surface area contributed by atoms with E-state index in [0.717, 1.165) is 27.7 Å². The van der Waals surface area contributed by atoms with Crippen LogP contribution in [0.3, 0.4) is 0 Å². The molecule has 32 heavy (non-hydrogen) atoms. The molecule has 2 aromatic carbocycles. The van der Waals surface area contributed by atoms with Crippen molar-refractivity contribution in [1.29, 1.82) is 0 Å². The van der Waals surface area contributed by atoms with Crippen LogP contribution in [0.1, 0.15) is 23.7 Å². The van der Waals surface area contributed by atoms with Crippen molar-refractivity contribution in [3.63, 3.8) is 0 Å².